The quantitative estimate of drug-likeness (QED) is 0.763. The van der Waals surface area contributed by atoms with E-state index in [0.717, 1.165) is 23.1 Å². The highest BCUT2D eigenvalue weighted by atomic mass is 16.4. The highest BCUT2D eigenvalue weighted by Crippen LogP contribution is 2.29. The molecule has 110 valence electrons. The smallest absolute Gasteiger partial charge is 0.353 e. The van der Waals surface area contributed by atoms with Crippen molar-refractivity contribution in [2.75, 3.05) is 0 Å². The summed E-state index contributed by atoms with van der Waals surface area (Å²) < 4.78 is 0. The van der Waals surface area contributed by atoms with Crippen molar-refractivity contribution >= 4 is 5.97 Å². The Kier molecular flexibility index (Phi) is 3.74. The Morgan fingerprint density at radius 3 is 2.50 bits per heavy atom. The summed E-state index contributed by atoms with van der Waals surface area (Å²) >= 11 is 0. The molecule has 0 unspecified atom stereocenters. The van der Waals surface area contributed by atoms with Gasteiger partial charge in [-0.2, -0.15) is 5.10 Å². The van der Waals surface area contributed by atoms with Crippen LogP contribution in [0.15, 0.2) is 54.6 Å². The van der Waals surface area contributed by atoms with Crippen LogP contribution in [0.25, 0.3) is 22.4 Å². The Labute approximate surface area is 128 Å². The third-order valence-corrected chi connectivity index (χ3v) is 3.68. The maximum atomic E-state index is 11.0. The summed E-state index contributed by atoms with van der Waals surface area (Å²) in [5, 5.41) is 15.6. The number of carboxylic acids is 1. The number of carbonyl (C=O) groups is 1. The second-order valence-corrected chi connectivity index (χ2v) is 5.06. The van der Waals surface area contributed by atoms with Gasteiger partial charge in [-0.3, -0.25) is 5.10 Å². The molecule has 0 radical (unpaired) electrons. The molecule has 0 amide bonds. The lowest BCUT2D eigenvalue weighted by Crippen LogP contribution is -1.95. The molecule has 4 nitrogen and oxygen atoms in total. The van der Waals surface area contributed by atoms with Crippen molar-refractivity contribution in [3.8, 4) is 22.4 Å². The van der Waals surface area contributed by atoms with Crippen LogP contribution in [0.3, 0.4) is 0 Å². The molecular weight excluding hydrogens is 276 g/mol. The highest BCUT2D eigenvalue weighted by Gasteiger charge is 2.11. The number of aromatic nitrogens is 2. The Bertz CT molecular complexity index is 807. The molecular formula is C18H16N2O2. The molecule has 2 aromatic carbocycles. The van der Waals surface area contributed by atoms with E-state index in [9.17, 15) is 4.79 Å². The van der Waals surface area contributed by atoms with E-state index in [-0.39, 0.29) is 5.69 Å². The van der Waals surface area contributed by atoms with Gasteiger partial charge in [-0.15, -0.1) is 0 Å². The molecule has 0 atom stereocenters. The van der Waals surface area contributed by atoms with Crippen molar-refractivity contribution in [1.29, 1.82) is 0 Å². The minimum Gasteiger partial charge on any atom is -0.477 e. The van der Waals surface area contributed by atoms with Gasteiger partial charge in [-0.05, 0) is 35.2 Å². The number of aromatic amines is 1. The largest absolute Gasteiger partial charge is 0.477 e. The zero-order valence-corrected chi connectivity index (χ0v) is 12.2. The van der Waals surface area contributed by atoms with Gasteiger partial charge >= 0.3 is 5.97 Å². The van der Waals surface area contributed by atoms with Crippen molar-refractivity contribution in [3.63, 3.8) is 0 Å². The maximum Gasteiger partial charge on any atom is 0.353 e. The maximum absolute atomic E-state index is 11.0. The lowest BCUT2D eigenvalue weighted by molar-refractivity contribution is 0.0690. The molecule has 1 aromatic heterocycles. The second kappa shape index (κ2) is 5.85. The van der Waals surface area contributed by atoms with Gasteiger partial charge in [-0.25, -0.2) is 4.79 Å². The Hall–Kier alpha value is -2.88. The number of nitrogens with one attached hydrogen (secondary N) is 1. The fourth-order valence-electron chi connectivity index (χ4n) is 2.51. The van der Waals surface area contributed by atoms with Crippen molar-refractivity contribution in [3.05, 3.63) is 65.9 Å². The number of rotatable bonds is 4. The predicted molar refractivity (Wildman–Crippen MR) is 85.8 cm³/mol. The van der Waals surface area contributed by atoms with E-state index >= 15 is 0 Å². The second-order valence-electron chi connectivity index (χ2n) is 5.06. The molecule has 0 saturated heterocycles. The molecule has 0 bridgehead atoms. The topological polar surface area (TPSA) is 66.0 Å². The van der Waals surface area contributed by atoms with Gasteiger partial charge in [0.1, 0.15) is 5.69 Å². The minimum atomic E-state index is -1.01. The predicted octanol–water partition coefficient (Wildman–Crippen LogP) is 4.00. The van der Waals surface area contributed by atoms with Crippen LogP contribution in [-0.2, 0) is 6.42 Å². The fourth-order valence-corrected chi connectivity index (χ4v) is 2.51. The summed E-state index contributed by atoms with van der Waals surface area (Å²) in [6.07, 6.45) is 0.936. The van der Waals surface area contributed by atoms with Crippen LogP contribution in [0.4, 0.5) is 0 Å². The van der Waals surface area contributed by atoms with Crippen molar-refractivity contribution in [2.45, 2.75) is 13.3 Å². The molecule has 0 aliphatic carbocycles. The van der Waals surface area contributed by atoms with Crippen LogP contribution in [0.5, 0.6) is 0 Å². The first-order chi connectivity index (χ1) is 10.7. The Morgan fingerprint density at radius 1 is 1.09 bits per heavy atom. The van der Waals surface area contributed by atoms with Crippen LogP contribution < -0.4 is 0 Å². The van der Waals surface area contributed by atoms with Crippen molar-refractivity contribution in [2.24, 2.45) is 0 Å². The van der Waals surface area contributed by atoms with Crippen molar-refractivity contribution in [1.82, 2.24) is 10.2 Å². The van der Waals surface area contributed by atoms with E-state index in [0.29, 0.717) is 5.69 Å². The monoisotopic (exact) mass is 292 g/mol. The van der Waals surface area contributed by atoms with Crippen LogP contribution in [0, 0.1) is 0 Å². The van der Waals surface area contributed by atoms with E-state index < -0.39 is 5.97 Å². The molecule has 1 heterocycles. The Morgan fingerprint density at radius 2 is 1.86 bits per heavy atom. The van der Waals surface area contributed by atoms with E-state index in [1.165, 1.54) is 5.56 Å². The molecule has 0 spiro atoms. The van der Waals surface area contributed by atoms with E-state index in [1.54, 1.807) is 6.07 Å². The van der Waals surface area contributed by atoms with Crippen LogP contribution in [-0.4, -0.2) is 21.3 Å². The number of aryl methyl sites for hydroxylation is 1. The fraction of sp³-hybridized carbons (Fsp3) is 0.111. The summed E-state index contributed by atoms with van der Waals surface area (Å²) in [5.41, 5.74) is 5.19. The summed E-state index contributed by atoms with van der Waals surface area (Å²) in [6, 6.07) is 17.8. The van der Waals surface area contributed by atoms with E-state index in [2.05, 4.69) is 41.4 Å². The molecule has 2 N–H and O–H groups in total. The SMILES string of the molecule is CCc1ccc(-c2cc(C(=O)O)[nH]n2)cc1-c1ccccc1. The summed E-state index contributed by atoms with van der Waals surface area (Å²) in [6.45, 7) is 2.12. The van der Waals surface area contributed by atoms with E-state index in [4.69, 9.17) is 5.11 Å². The molecule has 0 aliphatic heterocycles. The number of aromatic carboxylic acids is 1. The van der Waals surface area contributed by atoms with Crippen molar-refractivity contribution < 1.29 is 9.90 Å². The van der Waals surface area contributed by atoms with E-state index in [1.807, 2.05) is 24.3 Å². The highest BCUT2D eigenvalue weighted by molar-refractivity contribution is 5.87. The molecule has 3 rings (SSSR count). The zero-order valence-electron chi connectivity index (χ0n) is 12.2. The lowest BCUT2D eigenvalue weighted by atomic mass is 9.95. The van der Waals surface area contributed by atoms with Gasteiger partial charge in [0, 0.05) is 5.56 Å². The first-order valence-corrected chi connectivity index (χ1v) is 7.16. The standard InChI is InChI=1S/C18H16N2O2/c1-2-12-8-9-14(16-11-17(18(21)22)20-19-16)10-15(12)13-6-4-3-5-7-13/h3-11H,2H2,1H3,(H,19,20)(H,21,22). The Balaban J connectivity index is 2.08. The van der Waals surface area contributed by atoms with Gasteiger partial charge in [0.25, 0.3) is 0 Å². The number of nitrogens with zero attached hydrogens (tertiary/aromatic N) is 1. The third-order valence-electron chi connectivity index (χ3n) is 3.68. The third kappa shape index (κ3) is 2.63. The van der Waals surface area contributed by atoms with Gasteiger partial charge in [0.05, 0.1) is 5.69 Å². The number of hydrogen-bond acceptors (Lipinski definition) is 2. The van der Waals surface area contributed by atoms with Gasteiger partial charge in [0.2, 0.25) is 0 Å². The molecule has 22 heavy (non-hydrogen) atoms. The molecule has 0 fully saturated rings. The molecule has 0 aliphatic rings. The van der Waals surface area contributed by atoms with Gasteiger partial charge in [0.15, 0.2) is 0 Å². The van der Waals surface area contributed by atoms with Crippen LogP contribution >= 0.6 is 0 Å². The average molecular weight is 292 g/mol. The van der Waals surface area contributed by atoms with Gasteiger partial charge < -0.3 is 5.11 Å². The number of benzene rings is 2. The summed E-state index contributed by atoms with van der Waals surface area (Å²) in [4.78, 5) is 11.0. The summed E-state index contributed by atoms with van der Waals surface area (Å²) in [7, 11) is 0. The normalized spacial score (nSPS) is 10.6. The molecule has 0 saturated carbocycles. The van der Waals surface area contributed by atoms with Crippen LogP contribution in [0.1, 0.15) is 23.0 Å². The first kappa shape index (κ1) is 14.1. The molecule has 4 heteroatoms. The number of hydrogen-bond donors (Lipinski definition) is 2. The number of H-pyrrole nitrogens is 1. The first-order valence-electron chi connectivity index (χ1n) is 7.16. The number of carboxylic acid groups (broad SMARTS) is 1. The minimum absolute atomic E-state index is 0.0934. The zero-order chi connectivity index (χ0) is 15.5. The lowest BCUT2D eigenvalue weighted by Gasteiger charge is -2.10. The molecule has 3 aromatic rings. The summed E-state index contributed by atoms with van der Waals surface area (Å²) in [5.74, 6) is -1.01. The average Bonchev–Trinajstić information content (AvgIpc) is 3.05. The van der Waals surface area contributed by atoms with Crippen LogP contribution in [0.2, 0.25) is 0 Å². The van der Waals surface area contributed by atoms with Gasteiger partial charge in [-0.1, -0.05) is 49.4 Å².